The van der Waals surface area contributed by atoms with E-state index in [0.29, 0.717) is 29.4 Å². The number of benzene rings is 2. The molecule has 0 aliphatic carbocycles. The van der Waals surface area contributed by atoms with Crippen molar-refractivity contribution in [1.29, 1.82) is 0 Å². The lowest BCUT2D eigenvalue weighted by atomic mass is 10.2. The van der Waals surface area contributed by atoms with Gasteiger partial charge >= 0.3 is 5.97 Å². The molecule has 0 aromatic heterocycles. The molecule has 0 aliphatic heterocycles. The van der Waals surface area contributed by atoms with E-state index < -0.39 is 6.10 Å². The van der Waals surface area contributed by atoms with Crippen molar-refractivity contribution in [2.45, 2.75) is 32.8 Å². The zero-order chi connectivity index (χ0) is 19.6. The molecule has 0 saturated heterocycles. The Hall–Kier alpha value is -3.02. The first-order valence-corrected chi connectivity index (χ1v) is 8.92. The van der Waals surface area contributed by atoms with Crippen molar-refractivity contribution in [2.24, 2.45) is 0 Å². The number of hydrogen-bond donors (Lipinski definition) is 1. The number of anilines is 1. The van der Waals surface area contributed by atoms with Crippen LogP contribution >= 0.6 is 0 Å². The minimum absolute atomic E-state index is 0.275. The standard InChI is InChI=1S/C21H25NO5/c1-4-5-14-26-21(24)16-6-10-19(11-7-16)27-15(2)20(23)22-17-8-12-18(25-3)13-9-17/h6-13,15H,4-5,14H2,1-3H3,(H,22,23)/t15-/m1/s1. The predicted molar refractivity (Wildman–Crippen MR) is 103 cm³/mol. The monoisotopic (exact) mass is 371 g/mol. The largest absolute Gasteiger partial charge is 0.497 e. The molecular weight excluding hydrogens is 346 g/mol. The fraction of sp³-hybridized carbons (Fsp3) is 0.333. The minimum Gasteiger partial charge on any atom is -0.497 e. The van der Waals surface area contributed by atoms with Crippen LogP contribution in [0.3, 0.4) is 0 Å². The van der Waals surface area contributed by atoms with E-state index in [0.717, 1.165) is 12.8 Å². The van der Waals surface area contributed by atoms with E-state index in [1.165, 1.54) is 0 Å². The molecule has 2 aromatic carbocycles. The van der Waals surface area contributed by atoms with Gasteiger partial charge in [0.15, 0.2) is 6.10 Å². The maximum absolute atomic E-state index is 12.3. The number of esters is 1. The van der Waals surface area contributed by atoms with Crippen LogP contribution in [0.4, 0.5) is 5.69 Å². The highest BCUT2D eigenvalue weighted by atomic mass is 16.5. The molecule has 27 heavy (non-hydrogen) atoms. The number of carbonyl (C=O) groups excluding carboxylic acids is 2. The van der Waals surface area contributed by atoms with E-state index >= 15 is 0 Å². The fourth-order valence-corrected chi connectivity index (χ4v) is 2.24. The summed E-state index contributed by atoms with van der Waals surface area (Å²) < 4.78 is 15.9. The quantitative estimate of drug-likeness (QED) is 0.531. The van der Waals surface area contributed by atoms with Gasteiger partial charge in [-0.25, -0.2) is 4.79 Å². The van der Waals surface area contributed by atoms with Gasteiger partial charge in [0.25, 0.3) is 5.91 Å². The number of nitrogens with one attached hydrogen (secondary N) is 1. The molecule has 2 aromatic rings. The van der Waals surface area contributed by atoms with E-state index in [1.54, 1.807) is 62.6 Å². The molecule has 0 bridgehead atoms. The number of hydrogen-bond acceptors (Lipinski definition) is 5. The topological polar surface area (TPSA) is 73.9 Å². The summed E-state index contributed by atoms with van der Waals surface area (Å²) >= 11 is 0. The van der Waals surface area contributed by atoms with Crippen LogP contribution in [-0.4, -0.2) is 31.7 Å². The molecule has 0 heterocycles. The van der Waals surface area contributed by atoms with Gasteiger partial charge in [0, 0.05) is 5.69 Å². The number of rotatable bonds is 9. The van der Waals surface area contributed by atoms with Crippen molar-refractivity contribution in [1.82, 2.24) is 0 Å². The third-order valence-electron chi connectivity index (χ3n) is 3.86. The highest BCUT2D eigenvalue weighted by molar-refractivity contribution is 5.94. The molecule has 144 valence electrons. The summed E-state index contributed by atoms with van der Waals surface area (Å²) in [5.41, 5.74) is 1.11. The second-order valence-electron chi connectivity index (χ2n) is 5.99. The molecule has 6 heteroatoms. The lowest BCUT2D eigenvalue weighted by Crippen LogP contribution is -2.30. The van der Waals surface area contributed by atoms with Crippen LogP contribution in [0, 0.1) is 0 Å². The molecule has 6 nitrogen and oxygen atoms in total. The van der Waals surface area contributed by atoms with Crippen LogP contribution in [-0.2, 0) is 9.53 Å². The maximum atomic E-state index is 12.3. The molecule has 2 rings (SSSR count). The number of unbranched alkanes of at least 4 members (excludes halogenated alkanes) is 1. The molecular formula is C21H25NO5. The summed E-state index contributed by atoms with van der Waals surface area (Å²) in [7, 11) is 1.58. The van der Waals surface area contributed by atoms with E-state index in [-0.39, 0.29) is 11.9 Å². The molecule has 0 saturated carbocycles. The lowest BCUT2D eigenvalue weighted by molar-refractivity contribution is -0.122. The lowest BCUT2D eigenvalue weighted by Gasteiger charge is -2.15. The van der Waals surface area contributed by atoms with Gasteiger partial charge in [-0.2, -0.15) is 0 Å². The summed E-state index contributed by atoms with van der Waals surface area (Å²) in [6.45, 7) is 4.11. The predicted octanol–water partition coefficient (Wildman–Crippen LogP) is 4.06. The summed E-state index contributed by atoms with van der Waals surface area (Å²) in [5.74, 6) is 0.576. The molecule has 1 atom stereocenters. The Morgan fingerprint density at radius 1 is 1.00 bits per heavy atom. The average Bonchev–Trinajstić information content (AvgIpc) is 2.69. The van der Waals surface area contributed by atoms with Gasteiger partial charge in [0.1, 0.15) is 11.5 Å². The van der Waals surface area contributed by atoms with Gasteiger partial charge in [-0.15, -0.1) is 0 Å². The van der Waals surface area contributed by atoms with E-state index in [4.69, 9.17) is 14.2 Å². The second kappa shape index (κ2) is 10.2. The summed E-state index contributed by atoms with van der Waals surface area (Å²) in [6.07, 6.45) is 1.11. The van der Waals surface area contributed by atoms with E-state index in [1.807, 2.05) is 6.92 Å². The zero-order valence-electron chi connectivity index (χ0n) is 15.9. The molecule has 1 N–H and O–H groups in total. The number of amides is 1. The van der Waals surface area contributed by atoms with Crippen molar-refractivity contribution in [3.63, 3.8) is 0 Å². The van der Waals surface area contributed by atoms with Crippen molar-refractivity contribution >= 4 is 17.6 Å². The van der Waals surface area contributed by atoms with Crippen LogP contribution in [0.1, 0.15) is 37.0 Å². The van der Waals surface area contributed by atoms with Crippen molar-refractivity contribution in [3.05, 3.63) is 54.1 Å². The Balaban J connectivity index is 1.87. The SMILES string of the molecule is CCCCOC(=O)c1ccc(O[C@H](C)C(=O)Nc2ccc(OC)cc2)cc1. The van der Waals surface area contributed by atoms with Crippen LogP contribution in [0.15, 0.2) is 48.5 Å². The number of carbonyl (C=O) groups is 2. The van der Waals surface area contributed by atoms with E-state index in [2.05, 4.69) is 5.32 Å². The van der Waals surface area contributed by atoms with Crippen molar-refractivity contribution in [2.75, 3.05) is 19.0 Å². The summed E-state index contributed by atoms with van der Waals surface area (Å²) in [5, 5.41) is 2.78. The highest BCUT2D eigenvalue weighted by Gasteiger charge is 2.15. The molecule has 0 unspecified atom stereocenters. The van der Waals surface area contributed by atoms with Crippen LogP contribution in [0.5, 0.6) is 11.5 Å². The first-order valence-electron chi connectivity index (χ1n) is 8.92. The Morgan fingerprint density at radius 3 is 2.22 bits per heavy atom. The third kappa shape index (κ3) is 6.33. The molecule has 0 spiro atoms. The fourth-order valence-electron chi connectivity index (χ4n) is 2.24. The van der Waals surface area contributed by atoms with Crippen LogP contribution in [0.2, 0.25) is 0 Å². The second-order valence-corrected chi connectivity index (χ2v) is 5.99. The third-order valence-corrected chi connectivity index (χ3v) is 3.86. The molecule has 1 amide bonds. The number of ether oxygens (including phenoxy) is 3. The van der Waals surface area contributed by atoms with Gasteiger partial charge in [-0.1, -0.05) is 13.3 Å². The average molecular weight is 371 g/mol. The maximum Gasteiger partial charge on any atom is 0.338 e. The van der Waals surface area contributed by atoms with E-state index in [9.17, 15) is 9.59 Å². The molecule has 0 radical (unpaired) electrons. The normalized spacial score (nSPS) is 11.4. The van der Waals surface area contributed by atoms with Gasteiger partial charge in [-0.05, 0) is 61.9 Å². The highest BCUT2D eigenvalue weighted by Crippen LogP contribution is 2.17. The summed E-state index contributed by atoms with van der Waals surface area (Å²) in [6, 6.07) is 13.6. The molecule has 0 fully saturated rings. The van der Waals surface area contributed by atoms with Gasteiger partial charge in [-0.3, -0.25) is 4.79 Å². The Kier molecular flexibility index (Phi) is 7.67. The first kappa shape index (κ1) is 20.3. The van der Waals surface area contributed by atoms with Gasteiger partial charge in [0.05, 0.1) is 19.3 Å². The Morgan fingerprint density at radius 2 is 1.63 bits per heavy atom. The van der Waals surface area contributed by atoms with Gasteiger partial charge < -0.3 is 19.5 Å². The van der Waals surface area contributed by atoms with Crippen LogP contribution in [0.25, 0.3) is 0 Å². The zero-order valence-corrected chi connectivity index (χ0v) is 15.9. The van der Waals surface area contributed by atoms with Crippen molar-refractivity contribution < 1.29 is 23.8 Å². The Labute approximate surface area is 159 Å². The van der Waals surface area contributed by atoms with Crippen LogP contribution < -0.4 is 14.8 Å². The number of methoxy groups -OCH3 is 1. The summed E-state index contributed by atoms with van der Waals surface area (Å²) in [4.78, 5) is 24.1. The smallest absolute Gasteiger partial charge is 0.338 e. The van der Waals surface area contributed by atoms with Gasteiger partial charge in [0.2, 0.25) is 0 Å². The first-order chi connectivity index (χ1) is 13.0. The minimum atomic E-state index is -0.700. The van der Waals surface area contributed by atoms with Crippen molar-refractivity contribution in [3.8, 4) is 11.5 Å². The Bertz CT molecular complexity index is 740. The molecule has 0 aliphatic rings.